The molecule has 8 heteroatoms. The number of benzene rings is 2. The van der Waals surface area contributed by atoms with Gasteiger partial charge >= 0.3 is 0 Å². The highest BCUT2D eigenvalue weighted by atomic mass is 35.5. The first-order valence-corrected chi connectivity index (χ1v) is 10.3. The third-order valence-corrected chi connectivity index (χ3v) is 5.37. The molecule has 0 atom stereocenters. The van der Waals surface area contributed by atoms with Crippen LogP contribution in [0.15, 0.2) is 60.3 Å². The first-order valence-electron chi connectivity index (χ1n) is 8.89. The highest BCUT2D eigenvalue weighted by molar-refractivity contribution is 7.99. The van der Waals surface area contributed by atoms with Crippen LogP contribution in [0.5, 0.6) is 5.75 Å². The van der Waals surface area contributed by atoms with Gasteiger partial charge in [-0.3, -0.25) is 9.36 Å². The molecule has 3 aromatic rings. The van der Waals surface area contributed by atoms with E-state index >= 15 is 0 Å². The van der Waals surface area contributed by atoms with Gasteiger partial charge < -0.3 is 10.1 Å². The number of amides is 1. The molecule has 1 amide bonds. The summed E-state index contributed by atoms with van der Waals surface area (Å²) < 4.78 is 7.13. The summed E-state index contributed by atoms with van der Waals surface area (Å²) in [6, 6.07) is 12.9. The van der Waals surface area contributed by atoms with Crippen LogP contribution in [0.1, 0.15) is 5.56 Å². The Morgan fingerprint density at radius 2 is 2.03 bits per heavy atom. The van der Waals surface area contributed by atoms with Crippen molar-refractivity contribution in [2.24, 2.45) is 0 Å². The van der Waals surface area contributed by atoms with E-state index in [0.29, 0.717) is 22.5 Å². The summed E-state index contributed by atoms with van der Waals surface area (Å²) in [7, 11) is 1.63. The summed E-state index contributed by atoms with van der Waals surface area (Å²) in [6.07, 6.45) is 1.78. The van der Waals surface area contributed by atoms with Crippen molar-refractivity contribution in [3.05, 3.63) is 65.7 Å². The smallest absolute Gasteiger partial charge is 0.234 e. The van der Waals surface area contributed by atoms with Crippen LogP contribution in [0.25, 0.3) is 11.4 Å². The second-order valence-corrected chi connectivity index (χ2v) is 7.61. The monoisotopic (exact) mass is 428 g/mol. The lowest BCUT2D eigenvalue weighted by Gasteiger charge is -2.10. The van der Waals surface area contributed by atoms with E-state index in [1.807, 2.05) is 41.8 Å². The Hall–Kier alpha value is -2.77. The second-order valence-electron chi connectivity index (χ2n) is 6.23. The number of nitrogens with zero attached hydrogens (tertiary/aromatic N) is 3. The minimum absolute atomic E-state index is 0.125. The van der Waals surface area contributed by atoms with Gasteiger partial charge in [0, 0.05) is 22.8 Å². The van der Waals surface area contributed by atoms with Gasteiger partial charge in [-0.05, 0) is 55.0 Å². The zero-order valence-corrected chi connectivity index (χ0v) is 17.8. The summed E-state index contributed by atoms with van der Waals surface area (Å²) in [5, 5.41) is 12.8. The van der Waals surface area contributed by atoms with E-state index < -0.39 is 0 Å². The average molecular weight is 429 g/mol. The number of anilines is 1. The fourth-order valence-electron chi connectivity index (χ4n) is 2.73. The van der Waals surface area contributed by atoms with Gasteiger partial charge in [-0.25, -0.2) is 0 Å². The van der Waals surface area contributed by atoms with Crippen LogP contribution in [-0.4, -0.2) is 33.5 Å². The lowest BCUT2D eigenvalue weighted by atomic mass is 10.2. The number of nitrogens with one attached hydrogen (secondary N) is 1. The van der Waals surface area contributed by atoms with E-state index in [1.165, 1.54) is 11.8 Å². The zero-order chi connectivity index (χ0) is 20.8. The van der Waals surface area contributed by atoms with E-state index in [0.717, 1.165) is 22.6 Å². The molecular weight excluding hydrogens is 408 g/mol. The molecule has 150 valence electrons. The highest BCUT2D eigenvalue weighted by Crippen LogP contribution is 2.26. The fourth-order valence-corrected chi connectivity index (χ4v) is 3.70. The molecule has 2 aromatic carbocycles. The van der Waals surface area contributed by atoms with Crippen LogP contribution >= 0.6 is 23.4 Å². The average Bonchev–Trinajstić information content (AvgIpc) is 3.11. The molecule has 0 saturated carbocycles. The Kier molecular flexibility index (Phi) is 6.95. The van der Waals surface area contributed by atoms with Crippen LogP contribution < -0.4 is 10.1 Å². The largest absolute Gasteiger partial charge is 0.497 e. The molecule has 0 spiro atoms. The van der Waals surface area contributed by atoms with Crippen molar-refractivity contribution in [3.8, 4) is 17.1 Å². The topological polar surface area (TPSA) is 69.0 Å². The quantitative estimate of drug-likeness (QED) is 0.411. The van der Waals surface area contributed by atoms with Crippen molar-refractivity contribution in [1.29, 1.82) is 0 Å². The Bertz CT molecular complexity index is 1020. The van der Waals surface area contributed by atoms with Gasteiger partial charge in [-0.15, -0.1) is 16.8 Å². The van der Waals surface area contributed by atoms with E-state index in [9.17, 15) is 4.79 Å². The summed E-state index contributed by atoms with van der Waals surface area (Å²) in [5.74, 6) is 1.57. The maximum absolute atomic E-state index is 12.4. The minimum atomic E-state index is -0.125. The fraction of sp³-hybridized carbons (Fsp3) is 0.190. The van der Waals surface area contributed by atoms with Crippen molar-refractivity contribution < 1.29 is 9.53 Å². The predicted octanol–water partition coefficient (Wildman–Crippen LogP) is 4.83. The van der Waals surface area contributed by atoms with Gasteiger partial charge in [0.15, 0.2) is 11.0 Å². The van der Waals surface area contributed by atoms with Crippen LogP contribution in [0, 0.1) is 6.92 Å². The first kappa shape index (κ1) is 21.0. The number of aryl methyl sites for hydroxylation is 1. The van der Waals surface area contributed by atoms with E-state index in [1.54, 1.807) is 25.3 Å². The lowest BCUT2D eigenvalue weighted by molar-refractivity contribution is -0.113. The molecule has 0 aliphatic carbocycles. The number of thioether (sulfide) groups is 1. The predicted molar refractivity (Wildman–Crippen MR) is 118 cm³/mol. The van der Waals surface area contributed by atoms with Gasteiger partial charge in [0.1, 0.15) is 5.75 Å². The standard InChI is InChI=1S/C21H21ClN4O2S/c1-4-11-26-20(15-5-8-17(28-3)9-6-15)24-25-21(26)29-13-19(27)23-18-10-7-16(22)12-14(18)2/h4-10,12H,1,11,13H2,2-3H3,(H,23,27). The molecule has 0 fully saturated rings. The normalized spacial score (nSPS) is 10.6. The Balaban J connectivity index is 1.72. The summed E-state index contributed by atoms with van der Waals surface area (Å²) >= 11 is 7.29. The number of halogens is 1. The zero-order valence-electron chi connectivity index (χ0n) is 16.2. The van der Waals surface area contributed by atoms with Crippen molar-refractivity contribution in [2.75, 3.05) is 18.2 Å². The summed E-state index contributed by atoms with van der Waals surface area (Å²) in [4.78, 5) is 12.4. The summed E-state index contributed by atoms with van der Waals surface area (Å²) in [6.45, 7) is 6.25. The molecule has 1 heterocycles. The van der Waals surface area contributed by atoms with Gasteiger partial charge in [0.05, 0.1) is 12.9 Å². The highest BCUT2D eigenvalue weighted by Gasteiger charge is 2.15. The number of hydrogen-bond acceptors (Lipinski definition) is 5. The minimum Gasteiger partial charge on any atom is -0.497 e. The van der Waals surface area contributed by atoms with Gasteiger partial charge in [-0.2, -0.15) is 0 Å². The Morgan fingerprint density at radius 3 is 2.69 bits per heavy atom. The first-order chi connectivity index (χ1) is 14.0. The molecule has 29 heavy (non-hydrogen) atoms. The number of hydrogen-bond donors (Lipinski definition) is 1. The molecule has 3 rings (SSSR count). The molecule has 6 nitrogen and oxygen atoms in total. The molecule has 0 bridgehead atoms. The van der Waals surface area contributed by atoms with Crippen LogP contribution in [0.4, 0.5) is 5.69 Å². The lowest BCUT2D eigenvalue weighted by Crippen LogP contribution is -2.15. The number of aromatic nitrogens is 3. The maximum atomic E-state index is 12.4. The van der Waals surface area contributed by atoms with Crippen molar-refractivity contribution in [3.63, 3.8) is 0 Å². The third-order valence-electron chi connectivity index (χ3n) is 4.17. The Morgan fingerprint density at radius 1 is 1.28 bits per heavy atom. The van der Waals surface area contributed by atoms with Crippen molar-refractivity contribution >= 4 is 35.0 Å². The van der Waals surface area contributed by atoms with E-state index in [-0.39, 0.29) is 11.7 Å². The molecule has 0 aliphatic rings. The van der Waals surface area contributed by atoms with Crippen LogP contribution in [0.3, 0.4) is 0 Å². The Labute approximate surface area is 178 Å². The number of carbonyl (C=O) groups excluding carboxylic acids is 1. The van der Waals surface area contributed by atoms with Crippen LogP contribution in [-0.2, 0) is 11.3 Å². The molecule has 0 saturated heterocycles. The molecule has 1 aromatic heterocycles. The number of methoxy groups -OCH3 is 1. The van der Waals surface area contributed by atoms with E-state index in [4.69, 9.17) is 16.3 Å². The maximum Gasteiger partial charge on any atom is 0.234 e. The number of rotatable bonds is 8. The number of carbonyl (C=O) groups is 1. The van der Waals surface area contributed by atoms with Crippen LogP contribution in [0.2, 0.25) is 5.02 Å². The number of ether oxygens (including phenoxy) is 1. The molecule has 1 N–H and O–H groups in total. The number of allylic oxidation sites excluding steroid dienone is 1. The van der Waals surface area contributed by atoms with E-state index in [2.05, 4.69) is 22.1 Å². The third kappa shape index (κ3) is 5.19. The second kappa shape index (κ2) is 9.62. The molecule has 0 aliphatic heterocycles. The summed E-state index contributed by atoms with van der Waals surface area (Å²) in [5.41, 5.74) is 2.56. The van der Waals surface area contributed by atoms with Crippen molar-refractivity contribution in [2.45, 2.75) is 18.6 Å². The van der Waals surface area contributed by atoms with Gasteiger partial charge in [-0.1, -0.05) is 29.4 Å². The molecular formula is C21H21ClN4O2S. The molecule has 0 radical (unpaired) electrons. The molecule has 0 unspecified atom stereocenters. The van der Waals surface area contributed by atoms with Gasteiger partial charge in [0.25, 0.3) is 0 Å². The van der Waals surface area contributed by atoms with Gasteiger partial charge in [0.2, 0.25) is 5.91 Å². The SMILES string of the molecule is C=CCn1c(SCC(=O)Nc2ccc(Cl)cc2C)nnc1-c1ccc(OC)cc1. The van der Waals surface area contributed by atoms with Crippen molar-refractivity contribution in [1.82, 2.24) is 14.8 Å².